The molecule has 0 aromatic carbocycles. The summed E-state index contributed by atoms with van der Waals surface area (Å²) in [5.41, 5.74) is 0. The van der Waals surface area contributed by atoms with Crippen molar-refractivity contribution in [3.63, 3.8) is 0 Å². The zero-order valence-electron chi connectivity index (χ0n) is 6.28. The number of hydrogen-bond donors (Lipinski definition) is 2. The van der Waals surface area contributed by atoms with Crippen molar-refractivity contribution in [1.82, 2.24) is 10.6 Å². The quantitative estimate of drug-likeness (QED) is 0.487. The van der Waals surface area contributed by atoms with Gasteiger partial charge in [-0.2, -0.15) is 0 Å². The molecule has 2 aliphatic heterocycles. The molecule has 0 aromatic heterocycles. The van der Waals surface area contributed by atoms with E-state index in [0.717, 1.165) is 0 Å². The van der Waals surface area contributed by atoms with E-state index in [0.29, 0.717) is 0 Å². The van der Waals surface area contributed by atoms with Crippen molar-refractivity contribution < 1.29 is 9.59 Å². The Bertz CT molecular complexity index is 263. The van der Waals surface area contributed by atoms with Gasteiger partial charge in [0.15, 0.2) is 11.6 Å². The fourth-order valence-corrected chi connectivity index (χ4v) is 1.36. The lowest BCUT2D eigenvalue weighted by molar-refractivity contribution is -0.124. The molecule has 0 radical (unpaired) electrons. The Morgan fingerprint density at radius 1 is 0.917 bits per heavy atom. The van der Waals surface area contributed by atoms with E-state index in [1.807, 2.05) is 0 Å². The van der Waals surface area contributed by atoms with Crippen molar-refractivity contribution in [2.75, 3.05) is 0 Å². The van der Waals surface area contributed by atoms with Crippen LogP contribution in [0.5, 0.6) is 0 Å². The number of fused-ring (bicyclic) bond motifs is 1. The molecule has 0 spiro atoms. The molecule has 2 rings (SSSR count). The highest BCUT2D eigenvalue weighted by Crippen LogP contribution is 2.08. The molecule has 62 valence electrons. The highest BCUT2D eigenvalue weighted by Gasteiger charge is 2.34. The highest BCUT2D eigenvalue weighted by atomic mass is 16.1. The SMILES string of the molecule is O=C1C=CN[C@H]2C(=O)C=CN[C@@H]12. The summed E-state index contributed by atoms with van der Waals surface area (Å²) in [6.45, 7) is 0. The minimum atomic E-state index is -0.424. The molecule has 0 amide bonds. The lowest BCUT2D eigenvalue weighted by atomic mass is 9.95. The number of rotatable bonds is 0. The topological polar surface area (TPSA) is 58.2 Å². The maximum atomic E-state index is 11.2. The lowest BCUT2D eigenvalue weighted by Crippen LogP contribution is -2.57. The number of nitrogens with one attached hydrogen (secondary N) is 2. The molecule has 0 bridgehead atoms. The van der Waals surface area contributed by atoms with Crippen molar-refractivity contribution in [2.45, 2.75) is 12.1 Å². The second-order valence-electron chi connectivity index (χ2n) is 2.76. The van der Waals surface area contributed by atoms with E-state index in [9.17, 15) is 9.59 Å². The summed E-state index contributed by atoms with van der Waals surface area (Å²) >= 11 is 0. The maximum absolute atomic E-state index is 11.2. The first-order valence-electron chi connectivity index (χ1n) is 3.72. The van der Waals surface area contributed by atoms with Gasteiger partial charge in [-0.25, -0.2) is 0 Å². The average Bonchev–Trinajstić information content (AvgIpc) is 2.07. The Labute approximate surface area is 69.3 Å². The van der Waals surface area contributed by atoms with Crippen LogP contribution in [0.4, 0.5) is 0 Å². The van der Waals surface area contributed by atoms with Crippen molar-refractivity contribution in [2.24, 2.45) is 0 Å². The van der Waals surface area contributed by atoms with Crippen LogP contribution < -0.4 is 10.6 Å². The summed E-state index contributed by atoms with van der Waals surface area (Å²) in [7, 11) is 0. The molecule has 2 aliphatic rings. The van der Waals surface area contributed by atoms with Gasteiger partial charge in [-0.05, 0) is 12.2 Å². The van der Waals surface area contributed by atoms with E-state index in [-0.39, 0.29) is 11.6 Å². The standard InChI is InChI=1S/C8H8N2O2/c11-5-1-3-9-8-6(12)2-4-10-7(5)8/h1-4,7-10H/t7-,8-/m0/s1. The molecule has 2 N–H and O–H groups in total. The Hall–Kier alpha value is -1.58. The van der Waals surface area contributed by atoms with Crippen LogP contribution in [-0.4, -0.2) is 23.7 Å². The Morgan fingerprint density at radius 2 is 1.33 bits per heavy atom. The highest BCUT2D eigenvalue weighted by molar-refractivity contribution is 6.05. The molecular weight excluding hydrogens is 156 g/mol. The van der Waals surface area contributed by atoms with Gasteiger partial charge in [0.1, 0.15) is 12.1 Å². The molecule has 0 aromatic rings. The van der Waals surface area contributed by atoms with Crippen LogP contribution in [0.3, 0.4) is 0 Å². The Balaban J connectivity index is 2.31. The molecule has 0 saturated heterocycles. The smallest absolute Gasteiger partial charge is 0.181 e. The number of hydrogen-bond acceptors (Lipinski definition) is 4. The van der Waals surface area contributed by atoms with Crippen molar-refractivity contribution in [3.05, 3.63) is 24.6 Å². The predicted molar refractivity (Wildman–Crippen MR) is 42.1 cm³/mol. The van der Waals surface area contributed by atoms with Crippen LogP contribution in [0.1, 0.15) is 0 Å². The van der Waals surface area contributed by atoms with Crippen molar-refractivity contribution in [3.8, 4) is 0 Å². The van der Waals surface area contributed by atoms with Gasteiger partial charge in [0.2, 0.25) is 0 Å². The fourth-order valence-electron chi connectivity index (χ4n) is 1.36. The normalized spacial score (nSPS) is 32.3. The zero-order valence-corrected chi connectivity index (χ0v) is 6.28. The molecule has 0 fully saturated rings. The van der Waals surface area contributed by atoms with Gasteiger partial charge in [-0.1, -0.05) is 0 Å². The van der Waals surface area contributed by atoms with Gasteiger partial charge in [-0.3, -0.25) is 9.59 Å². The first-order valence-corrected chi connectivity index (χ1v) is 3.72. The third-order valence-corrected chi connectivity index (χ3v) is 1.99. The Morgan fingerprint density at radius 3 is 1.75 bits per heavy atom. The molecule has 0 saturated carbocycles. The van der Waals surface area contributed by atoms with Gasteiger partial charge in [-0.15, -0.1) is 0 Å². The summed E-state index contributed by atoms with van der Waals surface area (Å²) in [5, 5.41) is 5.67. The fraction of sp³-hybridized carbons (Fsp3) is 0.250. The summed E-state index contributed by atoms with van der Waals surface area (Å²) in [6.07, 6.45) is 5.89. The first-order chi connectivity index (χ1) is 5.79. The third kappa shape index (κ3) is 0.922. The average molecular weight is 164 g/mol. The maximum Gasteiger partial charge on any atom is 0.181 e. The first kappa shape index (κ1) is 7.09. The number of carbonyl (C=O) groups is 2. The Kier molecular flexibility index (Phi) is 1.46. The third-order valence-electron chi connectivity index (χ3n) is 1.99. The van der Waals surface area contributed by atoms with Crippen LogP contribution in [0.25, 0.3) is 0 Å². The molecule has 4 nitrogen and oxygen atoms in total. The van der Waals surface area contributed by atoms with Gasteiger partial charge in [0, 0.05) is 12.4 Å². The summed E-state index contributed by atoms with van der Waals surface area (Å²) in [6, 6.07) is -0.847. The zero-order chi connectivity index (χ0) is 8.55. The minimum Gasteiger partial charge on any atom is -0.379 e. The van der Waals surface area contributed by atoms with Crippen molar-refractivity contribution in [1.29, 1.82) is 0 Å². The van der Waals surface area contributed by atoms with Crippen LogP contribution in [-0.2, 0) is 9.59 Å². The monoisotopic (exact) mass is 164 g/mol. The predicted octanol–water partition coefficient (Wildman–Crippen LogP) is -0.904. The van der Waals surface area contributed by atoms with E-state index in [4.69, 9.17) is 0 Å². The van der Waals surface area contributed by atoms with Crippen LogP contribution >= 0.6 is 0 Å². The summed E-state index contributed by atoms with van der Waals surface area (Å²) in [4.78, 5) is 22.4. The summed E-state index contributed by atoms with van der Waals surface area (Å²) < 4.78 is 0. The van der Waals surface area contributed by atoms with Crippen LogP contribution in [0, 0.1) is 0 Å². The lowest BCUT2D eigenvalue weighted by Gasteiger charge is -2.29. The molecule has 2 atom stereocenters. The van der Waals surface area contributed by atoms with Gasteiger partial charge in [0.05, 0.1) is 0 Å². The largest absolute Gasteiger partial charge is 0.379 e. The molecular formula is C8H8N2O2. The van der Waals surface area contributed by atoms with Gasteiger partial charge >= 0.3 is 0 Å². The van der Waals surface area contributed by atoms with Gasteiger partial charge in [0.25, 0.3) is 0 Å². The van der Waals surface area contributed by atoms with Crippen LogP contribution in [0.2, 0.25) is 0 Å². The van der Waals surface area contributed by atoms with E-state index in [2.05, 4.69) is 10.6 Å². The van der Waals surface area contributed by atoms with E-state index in [1.54, 1.807) is 0 Å². The molecule has 12 heavy (non-hydrogen) atoms. The second-order valence-corrected chi connectivity index (χ2v) is 2.76. The summed E-state index contributed by atoms with van der Waals surface area (Å²) in [5.74, 6) is -0.118. The van der Waals surface area contributed by atoms with E-state index >= 15 is 0 Å². The van der Waals surface area contributed by atoms with Gasteiger partial charge < -0.3 is 10.6 Å². The number of carbonyl (C=O) groups excluding carboxylic acids is 2. The second kappa shape index (κ2) is 2.48. The van der Waals surface area contributed by atoms with Crippen molar-refractivity contribution >= 4 is 11.6 Å². The minimum absolute atomic E-state index is 0.0588. The molecule has 0 unspecified atom stereocenters. The molecule has 4 heteroatoms. The molecule has 2 heterocycles. The van der Waals surface area contributed by atoms with E-state index < -0.39 is 12.1 Å². The van der Waals surface area contributed by atoms with E-state index in [1.165, 1.54) is 24.6 Å². The molecule has 0 aliphatic carbocycles. The van der Waals surface area contributed by atoms with Crippen LogP contribution in [0.15, 0.2) is 24.6 Å². The number of ketones is 2.